The summed E-state index contributed by atoms with van der Waals surface area (Å²) in [7, 11) is 0. The minimum atomic E-state index is -1.12. The van der Waals surface area contributed by atoms with Crippen LogP contribution in [0.25, 0.3) is 0 Å². The Bertz CT molecular complexity index is 761. The van der Waals surface area contributed by atoms with Gasteiger partial charge in [-0.1, -0.05) is 25.4 Å². The molecule has 0 aliphatic carbocycles. The molecule has 0 aliphatic heterocycles. The molecule has 134 valence electrons. The number of ether oxygens (including phenoxy) is 1. The van der Waals surface area contributed by atoms with Crippen molar-refractivity contribution in [1.82, 2.24) is 10.3 Å². The molecule has 0 saturated heterocycles. The smallest absolute Gasteiger partial charge is 0.341 e. The average Bonchev–Trinajstić information content (AvgIpc) is 3.02. The van der Waals surface area contributed by atoms with Gasteiger partial charge < -0.3 is 15.2 Å². The van der Waals surface area contributed by atoms with Gasteiger partial charge in [0.25, 0.3) is 5.91 Å². The van der Waals surface area contributed by atoms with Crippen molar-refractivity contribution in [3.8, 4) is 5.75 Å². The van der Waals surface area contributed by atoms with Crippen LogP contribution in [0.4, 0.5) is 0 Å². The molecule has 0 fully saturated rings. The Labute approximate surface area is 154 Å². The first kappa shape index (κ1) is 19.2. The van der Waals surface area contributed by atoms with E-state index in [9.17, 15) is 9.59 Å². The highest BCUT2D eigenvalue weighted by Crippen LogP contribution is 2.23. The second-order valence-corrected chi connectivity index (χ2v) is 6.99. The molecule has 1 amide bonds. The maximum atomic E-state index is 12.4. The molecule has 0 saturated carbocycles. The monoisotopic (exact) mass is 382 g/mol. The van der Waals surface area contributed by atoms with Gasteiger partial charge in [-0.25, -0.2) is 9.78 Å². The number of aliphatic carboxylic acids is 1. The van der Waals surface area contributed by atoms with Gasteiger partial charge in [-0.05, 0) is 18.2 Å². The molecule has 2 N–H and O–H groups in total. The Balaban J connectivity index is 1.97. The van der Waals surface area contributed by atoms with Crippen molar-refractivity contribution in [2.45, 2.75) is 26.2 Å². The highest BCUT2D eigenvalue weighted by Gasteiger charge is 2.14. The summed E-state index contributed by atoms with van der Waals surface area (Å²) in [6, 6.07) is 4.47. The lowest BCUT2D eigenvalue weighted by molar-refractivity contribution is -0.139. The van der Waals surface area contributed by atoms with E-state index in [2.05, 4.69) is 24.1 Å². The maximum absolute atomic E-state index is 12.4. The van der Waals surface area contributed by atoms with Gasteiger partial charge in [-0.15, -0.1) is 11.3 Å². The quantitative estimate of drug-likeness (QED) is 0.730. The van der Waals surface area contributed by atoms with Gasteiger partial charge in [0.05, 0.1) is 16.3 Å². The number of nitrogens with zero attached hydrogens (tertiary/aromatic N) is 1. The Kier molecular flexibility index (Phi) is 6.78. The molecular weight excluding hydrogens is 364 g/mol. The Morgan fingerprint density at radius 2 is 2.16 bits per heavy atom. The highest BCUT2D eigenvalue weighted by molar-refractivity contribution is 7.09. The number of halogens is 1. The molecule has 0 radical (unpaired) electrons. The molecule has 0 atom stereocenters. The number of hydrogen-bond donors (Lipinski definition) is 2. The van der Waals surface area contributed by atoms with E-state index in [4.69, 9.17) is 21.4 Å². The van der Waals surface area contributed by atoms with Crippen LogP contribution in [0.15, 0.2) is 23.6 Å². The fourth-order valence-corrected chi connectivity index (χ4v) is 3.09. The fraction of sp³-hybridized carbons (Fsp3) is 0.353. The average molecular weight is 383 g/mol. The van der Waals surface area contributed by atoms with E-state index in [-0.39, 0.29) is 17.2 Å². The lowest BCUT2D eigenvalue weighted by Gasteiger charge is -2.11. The number of carboxylic acids is 1. The molecule has 25 heavy (non-hydrogen) atoms. The lowest BCUT2D eigenvalue weighted by atomic mass is 10.2. The second-order valence-electron chi connectivity index (χ2n) is 5.66. The van der Waals surface area contributed by atoms with Crippen LogP contribution in [0.1, 0.15) is 40.8 Å². The summed E-state index contributed by atoms with van der Waals surface area (Å²) >= 11 is 7.54. The van der Waals surface area contributed by atoms with Gasteiger partial charge in [-0.2, -0.15) is 0 Å². The Morgan fingerprint density at radius 3 is 2.80 bits per heavy atom. The van der Waals surface area contributed by atoms with Crippen molar-refractivity contribution in [3.05, 3.63) is 44.9 Å². The number of aromatic nitrogens is 1. The summed E-state index contributed by atoms with van der Waals surface area (Å²) < 4.78 is 5.14. The molecule has 1 aromatic heterocycles. The minimum Gasteiger partial charge on any atom is -0.481 e. The predicted octanol–water partition coefficient (Wildman–Crippen LogP) is 3.36. The number of nitrogens with one attached hydrogen (secondary N) is 1. The zero-order valence-corrected chi connectivity index (χ0v) is 15.5. The number of hydrogen-bond acceptors (Lipinski definition) is 5. The summed E-state index contributed by atoms with van der Waals surface area (Å²) in [4.78, 5) is 27.5. The molecule has 6 nitrogen and oxygen atoms in total. The van der Waals surface area contributed by atoms with Gasteiger partial charge in [0.2, 0.25) is 0 Å². The summed E-state index contributed by atoms with van der Waals surface area (Å²) in [6.45, 7) is 4.05. The normalized spacial score (nSPS) is 10.7. The molecule has 2 aromatic rings. The van der Waals surface area contributed by atoms with Crippen LogP contribution in [0.3, 0.4) is 0 Å². The van der Waals surface area contributed by atoms with E-state index in [0.717, 1.165) is 10.7 Å². The number of amides is 1. The van der Waals surface area contributed by atoms with Crippen molar-refractivity contribution >= 4 is 34.8 Å². The number of thiazole rings is 1. The molecule has 0 aliphatic rings. The molecule has 1 aromatic carbocycles. The van der Waals surface area contributed by atoms with Crippen molar-refractivity contribution < 1.29 is 19.4 Å². The van der Waals surface area contributed by atoms with Crippen molar-refractivity contribution in [3.63, 3.8) is 0 Å². The summed E-state index contributed by atoms with van der Waals surface area (Å²) in [5, 5.41) is 14.9. The Hall–Kier alpha value is -2.12. The first-order valence-corrected chi connectivity index (χ1v) is 8.99. The van der Waals surface area contributed by atoms with E-state index in [1.807, 2.05) is 5.38 Å². The van der Waals surface area contributed by atoms with Crippen LogP contribution in [0, 0.1) is 0 Å². The first-order chi connectivity index (χ1) is 11.9. The van der Waals surface area contributed by atoms with E-state index in [1.165, 1.54) is 18.2 Å². The maximum Gasteiger partial charge on any atom is 0.341 e. The standard InChI is InChI=1S/C17H19ClN2O4S/c1-10(2)17-20-12(9-25-17)5-6-19-16(23)13-7-11(18)3-4-14(13)24-8-15(21)22/h3-4,7,9-10H,5-6,8H2,1-2H3,(H,19,23)(H,21,22). The summed E-state index contributed by atoms with van der Waals surface area (Å²) in [5.41, 5.74) is 1.14. The van der Waals surface area contributed by atoms with Crippen LogP contribution in [-0.4, -0.2) is 35.1 Å². The molecule has 0 unspecified atom stereocenters. The number of carbonyl (C=O) groups is 2. The summed E-state index contributed by atoms with van der Waals surface area (Å²) in [6.07, 6.45) is 0.612. The number of rotatable bonds is 8. The van der Waals surface area contributed by atoms with Crippen LogP contribution in [0.2, 0.25) is 5.02 Å². The number of benzene rings is 1. The molecular formula is C17H19ClN2O4S. The van der Waals surface area contributed by atoms with E-state index in [1.54, 1.807) is 11.3 Å². The highest BCUT2D eigenvalue weighted by atomic mass is 35.5. The zero-order chi connectivity index (χ0) is 18.4. The third kappa shape index (κ3) is 5.72. The van der Waals surface area contributed by atoms with Crippen LogP contribution in [-0.2, 0) is 11.2 Å². The molecule has 2 rings (SSSR count). The van der Waals surface area contributed by atoms with Crippen molar-refractivity contribution in [2.75, 3.05) is 13.2 Å². The van der Waals surface area contributed by atoms with Gasteiger partial charge in [-0.3, -0.25) is 4.79 Å². The molecule has 0 spiro atoms. The third-order valence-corrected chi connectivity index (χ3v) is 4.70. The van der Waals surface area contributed by atoms with Gasteiger partial charge in [0, 0.05) is 29.3 Å². The van der Waals surface area contributed by atoms with Gasteiger partial charge in [0.15, 0.2) is 6.61 Å². The minimum absolute atomic E-state index is 0.181. The van der Waals surface area contributed by atoms with Crippen molar-refractivity contribution in [2.24, 2.45) is 0 Å². The van der Waals surface area contributed by atoms with Crippen LogP contribution >= 0.6 is 22.9 Å². The molecule has 0 bridgehead atoms. The lowest BCUT2D eigenvalue weighted by Crippen LogP contribution is -2.26. The number of carbonyl (C=O) groups excluding carboxylic acids is 1. The first-order valence-electron chi connectivity index (χ1n) is 7.73. The number of carboxylic acid groups (broad SMARTS) is 1. The van der Waals surface area contributed by atoms with Gasteiger partial charge in [0.1, 0.15) is 5.75 Å². The van der Waals surface area contributed by atoms with Crippen LogP contribution < -0.4 is 10.1 Å². The molecule has 8 heteroatoms. The van der Waals surface area contributed by atoms with Gasteiger partial charge >= 0.3 is 5.97 Å². The second kappa shape index (κ2) is 8.82. The predicted molar refractivity (Wildman–Crippen MR) is 96.8 cm³/mol. The third-order valence-electron chi connectivity index (χ3n) is 3.27. The zero-order valence-electron chi connectivity index (χ0n) is 13.9. The fourth-order valence-electron chi connectivity index (χ4n) is 2.05. The largest absolute Gasteiger partial charge is 0.481 e. The van der Waals surface area contributed by atoms with Crippen molar-refractivity contribution in [1.29, 1.82) is 0 Å². The summed E-state index contributed by atoms with van der Waals surface area (Å²) in [5.74, 6) is -0.929. The van der Waals surface area contributed by atoms with Crippen LogP contribution in [0.5, 0.6) is 5.75 Å². The topological polar surface area (TPSA) is 88.5 Å². The van der Waals surface area contributed by atoms with E-state index >= 15 is 0 Å². The van der Waals surface area contributed by atoms with E-state index < -0.39 is 12.6 Å². The molecule has 1 heterocycles. The Morgan fingerprint density at radius 1 is 1.40 bits per heavy atom. The SMILES string of the molecule is CC(C)c1nc(CCNC(=O)c2cc(Cl)ccc2OCC(=O)O)cs1. The van der Waals surface area contributed by atoms with E-state index in [0.29, 0.717) is 23.9 Å².